The molecule has 0 aliphatic heterocycles. The van der Waals surface area contributed by atoms with Crippen molar-refractivity contribution in [3.05, 3.63) is 0 Å². The number of ether oxygens (including phenoxy) is 1. The zero-order valence-electron chi connectivity index (χ0n) is 10.1. The van der Waals surface area contributed by atoms with E-state index in [-0.39, 0.29) is 18.1 Å². The number of rotatable bonds is 5. The summed E-state index contributed by atoms with van der Waals surface area (Å²) < 4.78 is 5.12. The van der Waals surface area contributed by atoms with E-state index in [2.05, 4.69) is 5.32 Å². The predicted molar refractivity (Wildman–Crippen MR) is 62.1 cm³/mol. The Labute approximate surface area is 97.4 Å². The SMILES string of the molecule is CCOCCC(=O)NC1CCCCCC1O. The number of hydrogen-bond acceptors (Lipinski definition) is 3. The molecule has 2 atom stereocenters. The molecule has 4 heteroatoms. The van der Waals surface area contributed by atoms with Crippen molar-refractivity contribution >= 4 is 5.91 Å². The van der Waals surface area contributed by atoms with E-state index in [9.17, 15) is 9.90 Å². The first-order valence-corrected chi connectivity index (χ1v) is 6.29. The summed E-state index contributed by atoms with van der Waals surface area (Å²) in [5, 5.41) is 12.7. The van der Waals surface area contributed by atoms with Crippen LogP contribution in [0.25, 0.3) is 0 Å². The molecule has 2 unspecified atom stereocenters. The number of nitrogens with one attached hydrogen (secondary N) is 1. The maximum atomic E-state index is 11.5. The highest BCUT2D eigenvalue weighted by Crippen LogP contribution is 2.17. The second-order valence-electron chi connectivity index (χ2n) is 4.33. The van der Waals surface area contributed by atoms with Crippen LogP contribution in [-0.4, -0.2) is 36.4 Å². The second kappa shape index (κ2) is 7.63. The van der Waals surface area contributed by atoms with Gasteiger partial charge >= 0.3 is 0 Å². The molecule has 1 amide bonds. The maximum Gasteiger partial charge on any atom is 0.222 e. The Morgan fingerprint density at radius 3 is 2.88 bits per heavy atom. The van der Waals surface area contributed by atoms with E-state index in [1.54, 1.807) is 0 Å². The molecule has 16 heavy (non-hydrogen) atoms. The number of aliphatic hydroxyl groups is 1. The Hall–Kier alpha value is -0.610. The molecule has 1 aliphatic rings. The van der Waals surface area contributed by atoms with E-state index < -0.39 is 0 Å². The van der Waals surface area contributed by atoms with Gasteiger partial charge in [-0.2, -0.15) is 0 Å². The van der Waals surface area contributed by atoms with Crippen LogP contribution in [0.1, 0.15) is 45.4 Å². The summed E-state index contributed by atoms with van der Waals surface area (Å²) in [5.41, 5.74) is 0. The van der Waals surface area contributed by atoms with E-state index in [1.807, 2.05) is 6.92 Å². The Kier molecular flexibility index (Phi) is 6.42. The van der Waals surface area contributed by atoms with Crippen LogP contribution in [0.4, 0.5) is 0 Å². The lowest BCUT2D eigenvalue weighted by Gasteiger charge is -2.21. The Bertz CT molecular complexity index is 208. The highest BCUT2D eigenvalue weighted by Gasteiger charge is 2.22. The van der Waals surface area contributed by atoms with Crippen LogP contribution >= 0.6 is 0 Å². The monoisotopic (exact) mass is 229 g/mol. The molecule has 1 aliphatic carbocycles. The van der Waals surface area contributed by atoms with Crippen molar-refractivity contribution < 1.29 is 14.6 Å². The van der Waals surface area contributed by atoms with Crippen LogP contribution in [0.2, 0.25) is 0 Å². The molecular weight excluding hydrogens is 206 g/mol. The summed E-state index contributed by atoms with van der Waals surface area (Å²) in [5.74, 6) is -0.0144. The lowest BCUT2D eigenvalue weighted by atomic mass is 10.1. The Balaban J connectivity index is 2.25. The van der Waals surface area contributed by atoms with Gasteiger partial charge in [-0.05, 0) is 19.8 Å². The topological polar surface area (TPSA) is 58.6 Å². The molecule has 2 N–H and O–H groups in total. The smallest absolute Gasteiger partial charge is 0.222 e. The maximum absolute atomic E-state index is 11.5. The minimum absolute atomic E-state index is 0.0144. The summed E-state index contributed by atoms with van der Waals surface area (Å²) in [4.78, 5) is 11.5. The Morgan fingerprint density at radius 2 is 2.12 bits per heavy atom. The van der Waals surface area contributed by atoms with Gasteiger partial charge in [-0.25, -0.2) is 0 Å². The highest BCUT2D eigenvalue weighted by atomic mass is 16.5. The van der Waals surface area contributed by atoms with E-state index in [1.165, 1.54) is 0 Å². The van der Waals surface area contributed by atoms with E-state index in [4.69, 9.17) is 4.74 Å². The van der Waals surface area contributed by atoms with Gasteiger partial charge in [0.05, 0.1) is 18.8 Å². The summed E-state index contributed by atoms with van der Waals surface area (Å²) in [6.07, 6.45) is 5.01. The first-order valence-electron chi connectivity index (χ1n) is 6.29. The van der Waals surface area contributed by atoms with Gasteiger partial charge in [0.15, 0.2) is 0 Å². The third kappa shape index (κ3) is 4.94. The second-order valence-corrected chi connectivity index (χ2v) is 4.33. The quantitative estimate of drug-likeness (QED) is 0.550. The summed E-state index contributed by atoms with van der Waals surface area (Å²) in [6.45, 7) is 3.01. The van der Waals surface area contributed by atoms with Gasteiger partial charge in [-0.1, -0.05) is 19.3 Å². The minimum atomic E-state index is -0.376. The van der Waals surface area contributed by atoms with Gasteiger partial charge in [0.1, 0.15) is 0 Å². The van der Waals surface area contributed by atoms with Gasteiger partial charge in [0, 0.05) is 13.0 Å². The van der Waals surface area contributed by atoms with Crippen LogP contribution in [0.5, 0.6) is 0 Å². The molecule has 1 fully saturated rings. The molecule has 94 valence electrons. The number of amides is 1. The van der Waals surface area contributed by atoms with Gasteiger partial charge in [-0.3, -0.25) is 4.79 Å². The van der Waals surface area contributed by atoms with Crippen LogP contribution < -0.4 is 5.32 Å². The molecule has 0 aromatic rings. The summed E-state index contributed by atoms with van der Waals surface area (Å²) in [6, 6.07) is -0.0587. The lowest BCUT2D eigenvalue weighted by Crippen LogP contribution is -2.42. The Morgan fingerprint density at radius 1 is 1.38 bits per heavy atom. The summed E-state index contributed by atoms with van der Waals surface area (Å²) >= 11 is 0. The van der Waals surface area contributed by atoms with Crippen molar-refractivity contribution in [2.45, 2.75) is 57.6 Å². The van der Waals surface area contributed by atoms with E-state index >= 15 is 0 Å². The van der Waals surface area contributed by atoms with Gasteiger partial charge in [0.25, 0.3) is 0 Å². The molecule has 1 saturated carbocycles. The fraction of sp³-hybridized carbons (Fsp3) is 0.917. The number of carbonyl (C=O) groups excluding carboxylic acids is 1. The molecule has 0 spiro atoms. The zero-order chi connectivity index (χ0) is 11.8. The number of carbonyl (C=O) groups is 1. The predicted octanol–water partition coefficient (Wildman–Crippen LogP) is 1.22. The van der Waals surface area contributed by atoms with Crippen molar-refractivity contribution in [1.29, 1.82) is 0 Å². The normalized spacial score (nSPS) is 26.1. The van der Waals surface area contributed by atoms with Gasteiger partial charge in [0.2, 0.25) is 5.91 Å². The van der Waals surface area contributed by atoms with Crippen LogP contribution in [0, 0.1) is 0 Å². The lowest BCUT2D eigenvalue weighted by molar-refractivity contribution is -0.123. The molecule has 0 radical (unpaired) electrons. The van der Waals surface area contributed by atoms with Crippen LogP contribution in [0.15, 0.2) is 0 Å². The average Bonchev–Trinajstić information content (AvgIpc) is 2.45. The molecule has 0 aromatic heterocycles. The third-order valence-corrected chi connectivity index (χ3v) is 3.00. The van der Waals surface area contributed by atoms with Gasteiger partial charge in [-0.15, -0.1) is 0 Å². The number of aliphatic hydroxyl groups excluding tert-OH is 1. The average molecular weight is 229 g/mol. The van der Waals surface area contributed by atoms with E-state index in [0.717, 1.165) is 32.1 Å². The van der Waals surface area contributed by atoms with Crippen molar-refractivity contribution in [3.63, 3.8) is 0 Å². The fourth-order valence-corrected chi connectivity index (χ4v) is 2.04. The van der Waals surface area contributed by atoms with Crippen molar-refractivity contribution in [2.24, 2.45) is 0 Å². The first kappa shape index (κ1) is 13.5. The molecule has 1 rings (SSSR count). The molecule has 0 saturated heterocycles. The highest BCUT2D eigenvalue weighted by molar-refractivity contribution is 5.76. The first-order chi connectivity index (χ1) is 7.74. The molecule has 0 aromatic carbocycles. The third-order valence-electron chi connectivity index (χ3n) is 3.00. The molecule has 0 heterocycles. The fourth-order valence-electron chi connectivity index (χ4n) is 2.04. The van der Waals surface area contributed by atoms with Crippen LogP contribution in [-0.2, 0) is 9.53 Å². The molecular formula is C12H23NO3. The van der Waals surface area contributed by atoms with E-state index in [0.29, 0.717) is 19.6 Å². The molecule has 4 nitrogen and oxygen atoms in total. The van der Waals surface area contributed by atoms with Crippen LogP contribution in [0.3, 0.4) is 0 Å². The number of hydrogen-bond donors (Lipinski definition) is 2. The van der Waals surface area contributed by atoms with Crippen molar-refractivity contribution in [2.75, 3.05) is 13.2 Å². The van der Waals surface area contributed by atoms with Gasteiger partial charge < -0.3 is 15.2 Å². The molecule has 0 bridgehead atoms. The van der Waals surface area contributed by atoms with Crippen molar-refractivity contribution in [3.8, 4) is 0 Å². The standard InChI is InChI=1S/C12H23NO3/c1-2-16-9-8-12(15)13-10-6-4-3-5-7-11(10)14/h10-11,14H,2-9H2,1H3,(H,13,15). The van der Waals surface area contributed by atoms with Crippen molar-refractivity contribution in [1.82, 2.24) is 5.32 Å². The zero-order valence-corrected chi connectivity index (χ0v) is 10.1. The summed E-state index contributed by atoms with van der Waals surface area (Å²) in [7, 11) is 0. The largest absolute Gasteiger partial charge is 0.391 e. The minimum Gasteiger partial charge on any atom is -0.391 e.